The zero-order valence-corrected chi connectivity index (χ0v) is 19.9. The van der Waals surface area contributed by atoms with Gasteiger partial charge in [0.25, 0.3) is 0 Å². The lowest BCUT2D eigenvalue weighted by molar-refractivity contribution is -0.139. The van der Waals surface area contributed by atoms with Crippen LogP contribution in [0.1, 0.15) is 19.4 Å². The van der Waals surface area contributed by atoms with Crippen molar-refractivity contribution in [1.82, 2.24) is 10.6 Å². The van der Waals surface area contributed by atoms with Gasteiger partial charge < -0.3 is 29.6 Å². The maximum atomic E-state index is 12.3. The number of benzene rings is 2. The van der Waals surface area contributed by atoms with Crippen LogP contribution in [0.3, 0.4) is 0 Å². The van der Waals surface area contributed by atoms with E-state index in [-0.39, 0.29) is 48.9 Å². The summed E-state index contributed by atoms with van der Waals surface area (Å²) < 4.78 is 20.7. The zero-order chi connectivity index (χ0) is 26.0. The number of fused-ring (bicyclic) bond motifs is 1. The number of carbonyl (C=O) groups is 4. The quantitative estimate of drug-likeness (QED) is 0.298. The van der Waals surface area contributed by atoms with E-state index in [2.05, 4.69) is 23.8 Å². The Hall–Kier alpha value is -4.34. The summed E-state index contributed by atoms with van der Waals surface area (Å²) in [7, 11) is 0. The van der Waals surface area contributed by atoms with Crippen LogP contribution in [-0.4, -0.2) is 50.4 Å². The smallest absolute Gasteiger partial charge is 0.412 e. The van der Waals surface area contributed by atoms with Gasteiger partial charge in [-0.15, -0.1) is 0 Å². The number of aryl methyl sites for hydroxylation is 1. The summed E-state index contributed by atoms with van der Waals surface area (Å²) in [6.07, 6.45) is -1.48. The molecule has 2 aromatic carbocycles. The molecule has 0 aliphatic rings. The van der Waals surface area contributed by atoms with Crippen molar-refractivity contribution < 1.29 is 38.1 Å². The molecule has 10 heteroatoms. The Morgan fingerprint density at radius 2 is 1.31 bits per heavy atom. The maximum Gasteiger partial charge on any atom is 0.412 e. The number of hydrogen-bond donors (Lipinski definition) is 2. The van der Waals surface area contributed by atoms with Crippen LogP contribution >= 0.6 is 0 Å². The monoisotopic (exact) mass is 484 g/mol. The molecule has 0 heterocycles. The molecule has 35 heavy (non-hydrogen) atoms. The van der Waals surface area contributed by atoms with Crippen molar-refractivity contribution in [3.05, 3.63) is 60.2 Å². The minimum absolute atomic E-state index is 0.0327. The van der Waals surface area contributed by atoms with Gasteiger partial charge in [-0.1, -0.05) is 37.4 Å². The molecule has 0 saturated heterocycles. The molecular weight excluding hydrogens is 456 g/mol. The average Bonchev–Trinajstić information content (AvgIpc) is 2.81. The Morgan fingerprint density at radius 3 is 1.86 bits per heavy atom. The maximum absolute atomic E-state index is 12.3. The molecule has 0 fully saturated rings. The van der Waals surface area contributed by atoms with Crippen LogP contribution in [0.5, 0.6) is 11.5 Å². The van der Waals surface area contributed by atoms with Crippen molar-refractivity contribution in [3.63, 3.8) is 0 Å². The highest BCUT2D eigenvalue weighted by Crippen LogP contribution is 2.35. The Kier molecular flexibility index (Phi) is 9.83. The number of esters is 2. The molecule has 2 N–H and O–H groups in total. The Morgan fingerprint density at radius 1 is 0.771 bits per heavy atom. The standard InChI is InChI=1S/C25H28N2O8/c1-15(2)22(28)32-13-11-26-24(30)34-20-8-6-7-19-18(20)10-9-17(5)21(19)35-25(31)27-12-14-33-23(29)16(3)4/h6-10H,1,3,11-14H2,2,4-5H3,(H,26,30)(H,27,31). The fraction of sp³-hybridized carbons (Fsp3) is 0.280. The average molecular weight is 485 g/mol. The van der Waals surface area contributed by atoms with Gasteiger partial charge in [0, 0.05) is 21.9 Å². The van der Waals surface area contributed by atoms with Gasteiger partial charge in [-0.05, 0) is 32.4 Å². The molecule has 0 atom stereocenters. The van der Waals surface area contributed by atoms with E-state index < -0.39 is 24.1 Å². The molecule has 0 radical (unpaired) electrons. The third-order valence-corrected chi connectivity index (χ3v) is 4.47. The number of amides is 2. The summed E-state index contributed by atoms with van der Waals surface area (Å²) in [5.41, 5.74) is 1.20. The summed E-state index contributed by atoms with van der Waals surface area (Å²) >= 11 is 0. The van der Waals surface area contributed by atoms with Crippen LogP contribution in [0.25, 0.3) is 10.8 Å². The first-order chi connectivity index (χ1) is 16.6. The molecule has 0 saturated carbocycles. The minimum atomic E-state index is -0.742. The summed E-state index contributed by atoms with van der Waals surface area (Å²) in [6, 6.07) is 8.44. The van der Waals surface area contributed by atoms with Crippen LogP contribution in [0, 0.1) is 6.92 Å². The highest BCUT2D eigenvalue weighted by Gasteiger charge is 2.15. The van der Waals surface area contributed by atoms with Crippen LogP contribution in [-0.2, 0) is 19.1 Å². The summed E-state index contributed by atoms with van der Waals surface area (Å²) in [5.74, 6) is -0.559. The third kappa shape index (κ3) is 8.18. The fourth-order valence-corrected chi connectivity index (χ4v) is 2.74. The fourth-order valence-electron chi connectivity index (χ4n) is 2.74. The lowest BCUT2D eigenvalue weighted by Crippen LogP contribution is -2.31. The number of hydrogen-bond acceptors (Lipinski definition) is 8. The molecule has 2 rings (SSSR count). The minimum Gasteiger partial charge on any atom is -0.460 e. The van der Waals surface area contributed by atoms with E-state index in [1.807, 2.05) is 0 Å². The normalized spacial score (nSPS) is 10.1. The second-order valence-corrected chi connectivity index (χ2v) is 7.53. The molecule has 10 nitrogen and oxygen atoms in total. The van der Waals surface area contributed by atoms with E-state index in [4.69, 9.17) is 18.9 Å². The van der Waals surface area contributed by atoms with Crippen molar-refractivity contribution in [1.29, 1.82) is 0 Å². The molecule has 0 unspecified atom stereocenters. The van der Waals surface area contributed by atoms with Crippen LogP contribution < -0.4 is 20.1 Å². The molecule has 186 valence electrons. The molecule has 2 aromatic rings. The highest BCUT2D eigenvalue weighted by molar-refractivity contribution is 5.96. The summed E-state index contributed by atoms with van der Waals surface area (Å²) in [4.78, 5) is 47.2. The molecule has 0 aliphatic carbocycles. The predicted molar refractivity (Wildman–Crippen MR) is 128 cm³/mol. The van der Waals surface area contributed by atoms with Gasteiger partial charge in [0.05, 0.1) is 13.1 Å². The molecular formula is C25H28N2O8. The second-order valence-electron chi connectivity index (χ2n) is 7.53. The van der Waals surface area contributed by atoms with Gasteiger partial charge >= 0.3 is 24.1 Å². The van der Waals surface area contributed by atoms with Crippen LogP contribution in [0.15, 0.2) is 54.6 Å². The van der Waals surface area contributed by atoms with E-state index >= 15 is 0 Å². The van der Waals surface area contributed by atoms with Crippen molar-refractivity contribution in [2.24, 2.45) is 0 Å². The van der Waals surface area contributed by atoms with Gasteiger partial charge in [0.15, 0.2) is 0 Å². The van der Waals surface area contributed by atoms with Gasteiger partial charge in [-0.3, -0.25) is 0 Å². The van der Waals surface area contributed by atoms with Gasteiger partial charge in [-0.25, -0.2) is 19.2 Å². The van der Waals surface area contributed by atoms with Crippen LogP contribution in [0.2, 0.25) is 0 Å². The zero-order valence-electron chi connectivity index (χ0n) is 19.9. The Labute approximate surface area is 202 Å². The van der Waals surface area contributed by atoms with Crippen LogP contribution in [0.4, 0.5) is 9.59 Å². The molecule has 0 aromatic heterocycles. The predicted octanol–water partition coefficient (Wildman–Crippen LogP) is 3.56. The number of rotatable bonds is 10. The first-order valence-corrected chi connectivity index (χ1v) is 10.7. The number of carbonyl (C=O) groups excluding carboxylic acids is 4. The number of ether oxygens (including phenoxy) is 4. The first kappa shape index (κ1) is 26.9. The summed E-state index contributed by atoms with van der Waals surface area (Å²) in [5, 5.41) is 6.08. The van der Waals surface area contributed by atoms with Gasteiger partial charge in [0.1, 0.15) is 24.7 Å². The van der Waals surface area contributed by atoms with Crippen molar-refractivity contribution in [2.75, 3.05) is 26.3 Å². The SMILES string of the molecule is C=C(C)C(=O)OCCNC(=O)Oc1cccc2c(OC(=O)NCCOC(=O)C(=C)C)c(C)ccc12. The molecule has 0 bridgehead atoms. The topological polar surface area (TPSA) is 129 Å². The van der Waals surface area contributed by atoms with E-state index in [9.17, 15) is 19.2 Å². The van der Waals surface area contributed by atoms with Crippen molar-refractivity contribution in [3.8, 4) is 11.5 Å². The number of nitrogens with one attached hydrogen (secondary N) is 2. The second kappa shape index (κ2) is 12.8. The van der Waals surface area contributed by atoms with Crippen molar-refractivity contribution >= 4 is 34.9 Å². The lowest BCUT2D eigenvalue weighted by Gasteiger charge is -2.14. The molecule has 0 spiro atoms. The highest BCUT2D eigenvalue weighted by atomic mass is 16.6. The van der Waals surface area contributed by atoms with Crippen molar-refractivity contribution in [2.45, 2.75) is 20.8 Å². The van der Waals surface area contributed by atoms with Gasteiger partial charge in [0.2, 0.25) is 0 Å². The lowest BCUT2D eigenvalue weighted by atomic mass is 10.1. The van der Waals surface area contributed by atoms with Gasteiger partial charge in [-0.2, -0.15) is 0 Å². The van der Waals surface area contributed by atoms with E-state index in [1.165, 1.54) is 13.8 Å². The van der Waals surface area contributed by atoms with E-state index in [0.717, 1.165) is 0 Å². The first-order valence-electron chi connectivity index (χ1n) is 10.7. The summed E-state index contributed by atoms with van der Waals surface area (Å²) in [6.45, 7) is 11.8. The molecule has 0 aliphatic heterocycles. The Balaban J connectivity index is 2.00. The Bertz CT molecular complexity index is 1160. The van der Waals surface area contributed by atoms with E-state index in [0.29, 0.717) is 16.3 Å². The van der Waals surface area contributed by atoms with E-state index in [1.54, 1.807) is 37.3 Å². The largest absolute Gasteiger partial charge is 0.460 e. The molecule has 2 amide bonds. The third-order valence-electron chi connectivity index (χ3n) is 4.47.